The standard InChI is InChI=1S/C16H33N3O.2ClH/c1-12-8-7-9-16(10-12,19(5)6)11-18-14(20)13(17)15(2,3)4;;/h12-13H,7-11,17H2,1-6H3,(H,18,20);2*1H/t12?,13-,16?;;/m1../s1. The van der Waals surface area contributed by atoms with E-state index in [0.717, 1.165) is 18.8 Å². The third-order valence-corrected chi connectivity index (χ3v) is 4.82. The van der Waals surface area contributed by atoms with Gasteiger partial charge in [-0.25, -0.2) is 0 Å². The number of hydrogen-bond acceptors (Lipinski definition) is 3. The molecule has 6 heteroatoms. The largest absolute Gasteiger partial charge is 0.353 e. The molecule has 1 aliphatic carbocycles. The van der Waals surface area contributed by atoms with Crippen LogP contribution in [0.15, 0.2) is 0 Å². The molecule has 0 aromatic carbocycles. The quantitative estimate of drug-likeness (QED) is 0.814. The van der Waals surface area contributed by atoms with Crippen LogP contribution in [-0.2, 0) is 4.79 Å². The zero-order valence-corrected chi connectivity index (χ0v) is 16.6. The Morgan fingerprint density at radius 3 is 2.32 bits per heavy atom. The van der Waals surface area contributed by atoms with E-state index in [2.05, 4.69) is 31.2 Å². The number of rotatable bonds is 4. The predicted octanol–water partition coefficient (Wildman–Crippen LogP) is 2.83. The average molecular weight is 356 g/mol. The van der Waals surface area contributed by atoms with Gasteiger partial charge in [0.25, 0.3) is 0 Å². The lowest BCUT2D eigenvalue weighted by Gasteiger charge is -2.45. The van der Waals surface area contributed by atoms with Gasteiger partial charge in [0.05, 0.1) is 6.04 Å². The second-order valence-electron chi connectivity index (χ2n) is 7.88. The van der Waals surface area contributed by atoms with Crippen LogP contribution in [0.2, 0.25) is 0 Å². The van der Waals surface area contributed by atoms with E-state index >= 15 is 0 Å². The van der Waals surface area contributed by atoms with Gasteiger partial charge in [0.2, 0.25) is 5.91 Å². The summed E-state index contributed by atoms with van der Waals surface area (Å²) in [4.78, 5) is 14.5. The van der Waals surface area contributed by atoms with E-state index < -0.39 is 6.04 Å². The van der Waals surface area contributed by atoms with Crippen LogP contribution in [0.25, 0.3) is 0 Å². The van der Waals surface area contributed by atoms with Crippen molar-refractivity contribution < 1.29 is 4.79 Å². The summed E-state index contributed by atoms with van der Waals surface area (Å²) in [5, 5.41) is 3.10. The van der Waals surface area contributed by atoms with Gasteiger partial charge >= 0.3 is 0 Å². The second-order valence-corrected chi connectivity index (χ2v) is 7.88. The highest BCUT2D eigenvalue weighted by Crippen LogP contribution is 2.35. The summed E-state index contributed by atoms with van der Waals surface area (Å²) in [5.41, 5.74) is 5.92. The summed E-state index contributed by atoms with van der Waals surface area (Å²) in [7, 11) is 4.24. The number of nitrogens with two attached hydrogens (primary N) is 1. The summed E-state index contributed by atoms with van der Waals surface area (Å²) in [6, 6.07) is -0.456. The maximum atomic E-state index is 12.2. The molecule has 3 atom stereocenters. The van der Waals surface area contributed by atoms with Crippen LogP contribution in [0.3, 0.4) is 0 Å². The number of carbonyl (C=O) groups is 1. The predicted molar refractivity (Wildman–Crippen MR) is 99.0 cm³/mol. The van der Waals surface area contributed by atoms with Gasteiger partial charge in [-0.3, -0.25) is 4.79 Å². The molecule has 1 saturated carbocycles. The van der Waals surface area contributed by atoms with Crippen LogP contribution in [0.4, 0.5) is 0 Å². The van der Waals surface area contributed by atoms with E-state index in [-0.39, 0.29) is 41.7 Å². The molecule has 1 aliphatic rings. The average Bonchev–Trinajstić information content (AvgIpc) is 2.33. The van der Waals surface area contributed by atoms with Crippen molar-refractivity contribution in [3.8, 4) is 0 Å². The van der Waals surface area contributed by atoms with Crippen LogP contribution in [0.1, 0.15) is 53.4 Å². The summed E-state index contributed by atoms with van der Waals surface area (Å²) < 4.78 is 0. The Kier molecular flexibility index (Phi) is 10.3. The first-order chi connectivity index (χ1) is 9.08. The lowest BCUT2D eigenvalue weighted by Crippen LogP contribution is -2.58. The fourth-order valence-corrected chi connectivity index (χ4v) is 3.11. The Labute approximate surface area is 148 Å². The maximum Gasteiger partial charge on any atom is 0.237 e. The molecule has 3 N–H and O–H groups in total. The third kappa shape index (κ3) is 6.23. The molecule has 0 aliphatic heterocycles. The molecule has 1 amide bonds. The SMILES string of the molecule is CC1CCCC(CNC(=O)[C@@H](N)C(C)(C)C)(N(C)C)C1.Cl.Cl. The van der Waals surface area contributed by atoms with E-state index in [4.69, 9.17) is 5.73 Å². The molecule has 0 bridgehead atoms. The molecule has 1 rings (SSSR count). The summed E-state index contributed by atoms with van der Waals surface area (Å²) in [6.45, 7) is 9.01. The van der Waals surface area contributed by atoms with Crippen LogP contribution >= 0.6 is 24.8 Å². The van der Waals surface area contributed by atoms with Crippen molar-refractivity contribution in [1.29, 1.82) is 0 Å². The molecule has 1 fully saturated rings. The Hall–Kier alpha value is -0.0300. The van der Waals surface area contributed by atoms with Gasteiger partial charge in [-0.05, 0) is 38.3 Å². The first kappa shape index (κ1) is 24.2. The van der Waals surface area contributed by atoms with Crippen molar-refractivity contribution in [2.45, 2.75) is 65.0 Å². The number of carbonyl (C=O) groups excluding carboxylic acids is 1. The highest BCUT2D eigenvalue weighted by atomic mass is 35.5. The van der Waals surface area contributed by atoms with Gasteiger partial charge in [0.15, 0.2) is 0 Å². The van der Waals surface area contributed by atoms with Gasteiger partial charge in [0, 0.05) is 12.1 Å². The van der Waals surface area contributed by atoms with Gasteiger partial charge < -0.3 is 16.0 Å². The minimum Gasteiger partial charge on any atom is -0.353 e. The molecule has 0 heterocycles. The molecular formula is C16H35Cl2N3O. The zero-order chi connectivity index (χ0) is 15.6. The Morgan fingerprint density at radius 1 is 1.36 bits per heavy atom. The molecule has 0 saturated heterocycles. The molecule has 0 aromatic rings. The normalized spacial score (nSPS) is 26.6. The third-order valence-electron chi connectivity index (χ3n) is 4.82. The number of amides is 1. The Bertz CT molecular complexity index is 345. The van der Waals surface area contributed by atoms with Crippen molar-refractivity contribution in [3.05, 3.63) is 0 Å². The number of nitrogens with one attached hydrogen (secondary N) is 1. The van der Waals surface area contributed by atoms with E-state index in [0.29, 0.717) is 6.54 Å². The minimum atomic E-state index is -0.456. The first-order valence-electron chi connectivity index (χ1n) is 7.79. The summed E-state index contributed by atoms with van der Waals surface area (Å²) >= 11 is 0. The van der Waals surface area contributed by atoms with Crippen molar-refractivity contribution in [2.24, 2.45) is 17.1 Å². The number of hydrogen-bond donors (Lipinski definition) is 2. The molecule has 0 spiro atoms. The van der Waals surface area contributed by atoms with Gasteiger partial charge in [-0.2, -0.15) is 0 Å². The topological polar surface area (TPSA) is 58.4 Å². The lowest BCUT2D eigenvalue weighted by molar-refractivity contribution is -0.125. The summed E-state index contributed by atoms with van der Waals surface area (Å²) in [6.07, 6.45) is 4.83. The van der Waals surface area contributed by atoms with E-state index in [1.54, 1.807) is 0 Å². The molecule has 0 radical (unpaired) electrons. The number of nitrogens with zero attached hydrogens (tertiary/aromatic N) is 1. The van der Waals surface area contributed by atoms with Crippen LogP contribution in [0.5, 0.6) is 0 Å². The molecule has 0 aromatic heterocycles. The molecule has 2 unspecified atom stereocenters. The van der Waals surface area contributed by atoms with E-state index in [1.165, 1.54) is 12.8 Å². The number of likely N-dealkylation sites (N-methyl/N-ethyl adjacent to an activating group) is 1. The molecule has 4 nitrogen and oxygen atoms in total. The second kappa shape index (κ2) is 9.31. The fourth-order valence-electron chi connectivity index (χ4n) is 3.11. The molecular weight excluding hydrogens is 321 g/mol. The lowest BCUT2D eigenvalue weighted by atomic mass is 9.75. The highest BCUT2D eigenvalue weighted by Gasteiger charge is 2.38. The highest BCUT2D eigenvalue weighted by molar-refractivity contribution is 5.85. The van der Waals surface area contributed by atoms with E-state index in [9.17, 15) is 4.79 Å². The van der Waals surface area contributed by atoms with Crippen molar-refractivity contribution in [1.82, 2.24) is 10.2 Å². The smallest absolute Gasteiger partial charge is 0.237 e. The van der Waals surface area contributed by atoms with Crippen LogP contribution in [0, 0.1) is 11.3 Å². The summed E-state index contributed by atoms with van der Waals surface area (Å²) in [5.74, 6) is 0.691. The van der Waals surface area contributed by atoms with Crippen molar-refractivity contribution in [2.75, 3.05) is 20.6 Å². The van der Waals surface area contributed by atoms with Crippen LogP contribution < -0.4 is 11.1 Å². The van der Waals surface area contributed by atoms with Gasteiger partial charge in [-0.15, -0.1) is 24.8 Å². The minimum absolute atomic E-state index is 0. The van der Waals surface area contributed by atoms with Crippen molar-refractivity contribution in [3.63, 3.8) is 0 Å². The first-order valence-corrected chi connectivity index (χ1v) is 7.79. The number of halogens is 2. The van der Waals surface area contributed by atoms with E-state index in [1.807, 2.05) is 20.8 Å². The van der Waals surface area contributed by atoms with Gasteiger partial charge in [0.1, 0.15) is 0 Å². The zero-order valence-electron chi connectivity index (χ0n) is 14.9. The fraction of sp³-hybridized carbons (Fsp3) is 0.938. The van der Waals surface area contributed by atoms with Crippen LogP contribution in [-0.4, -0.2) is 43.0 Å². The van der Waals surface area contributed by atoms with Crippen molar-refractivity contribution >= 4 is 30.7 Å². The molecule has 134 valence electrons. The maximum absolute atomic E-state index is 12.2. The Balaban J connectivity index is 0. The molecule has 22 heavy (non-hydrogen) atoms. The Morgan fingerprint density at radius 2 is 1.91 bits per heavy atom. The monoisotopic (exact) mass is 355 g/mol. The van der Waals surface area contributed by atoms with Gasteiger partial charge in [-0.1, -0.05) is 40.5 Å².